The third kappa shape index (κ3) is 3.16. The number of fused-ring (bicyclic) bond motifs is 2. The van der Waals surface area contributed by atoms with Crippen LogP contribution in [0.4, 0.5) is 0 Å². The number of ether oxygens (including phenoxy) is 2. The van der Waals surface area contributed by atoms with Gasteiger partial charge in [0.05, 0.1) is 10.6 Å². The standard InChI is InChI=1S/C21H24N4O3S/c1-21-14(8-13-10-25(2)6-5-15(13)24-21)18(22)19(29-21)20(26)23-9-12-3-4-16-17(7-12)28-11-27-16/h3-4,7-8,24H,5-6,9-11,22H2,1-2H3,(H,23,26). The SMILES string of the molecule is CN1CCC2=C(C=C3C(N)=C(C(=O)NCc4ccc5c(c4)OCO5)SC3(C)N2)C1. The minimum absolute atomic E-state index is 0.154. The van der Waals surface area contributed by atoms with Gasteiger partial charge < -0.3 is 30.7 Å². The Kier molecular flexibility index (Phi) is 4.29. The van der Waals surface area contributed by atoms with Crippen LogP contribution < -0.4 is 25.8 Å². The number of hydrogen-bond donors (Lipinski definition) is 3. The lowest BCUT2D eigenvalue weighted by Gasteiger charge is -2.38. The molecule has 0 aromatic heterocycles. The Balaban J connectivity index is 1.33. The lowest BCUT2D eigenvalue weighted by molar-refractivity contribution is -0.117. The molecule has 0 bridgehead atoms. The molecule has 0 fully saturated rings. The van der Waals surface area contributed by atoms with E-state index in [0.717, 1.165) is 36.4 Å². The average Bonchev–Trinajstić information content (AvgIpc) is 3.26. The lowest BCUT2D eigenvalue weighted by atomic mass is 9.93. The van der Waals surface area contributed by atoms with Crippen molar-refractivity contribution in [3.8, 4) is 11.5 Å². The van der Waals surface area contributed by atoms with Crippen molar-refractivity contribution in [1.29, 1.82) is 0 Å². The molecule has 4 aliphatic rings. The molecule has 1 aromatic carbocycles. The van der Waals surface area contributed by atoms with E-state index in [4.69, 9.17) is 15.2 Å². The number of carbonyl (C=O) groups is 1. The zero-order valence-electron chi connectivity index (χ0n) is 16.5. The normalized spacial score (nSPS) is 25.4. The Morgan fingerprint density at radius 3 is 3.07 bits per heavy atom. The Bertz CT molecular complexity index is 1000. The number of thioether (sulfide) groups is 1. The maximum atomic E-state index is 12.9. The van der Waals surface area contributed by atoms with E-state index in [1.165, 1.54) is 23.0 Å². The van der Waals surface area contributed by atoms with Crippen LogP contribution in [0, 0.1) is 0 Å². The summed E-state index contributed by atoms with van der Waals surface area (Å²) in [6.07, 6.45) is 3.15. The van der Waals surface area contributed by atoms with Crippen LogP contribution in [-0.4, -0.2) is 42.6 Å². The van der Waals surface area contributed by atoms with Crippen molar-refractivity contribution in [2.75, 3.05) is 26.9 Å². The number of nitrogens with one attached hydrogen (secondary N) is 2. The zero-order valence-corrected chi connectivity index (χ0v) is 17.3. The minimum Gasteiger partial charge on any atom is -0.454 e. The van der Waals surface area contributed by atoms with Crippen LogP contribution >= 0.6 is 11.8 Å². The number of rotatable bonds is 3. The fourth-order valence-corrected chi connectivity index (χ4v) is 5.40. The van der Waals surface area contributed by atoms with Crippen LogP contribution in [0.3, 0.4) is 0 Å². The highest BCUT2D eigenvalue weighted by Crippen LogP contribution is 2.49. The van der Waals surface area contributed by atoms with Gasteiger partial charge in [0, 0.05) is 37.3 Å². The van der Waals surface area contributed by atoms with Gasteiger partial charge in [-0.25, -0.2) is 0 Å². The summed E-state index contributed by atoms with van der Waals surface area (Å²) in [5, 5.41) is 6.64. The van der Waals surface area contributed by atoms with Gasteiger partial charge in [-0.15, -0.1) is 0 Å². The number of dihydropyridines is 1. The number of amides is 1. The molecule has 1 amide bonds. The van der Waals surface area contributed by atoms with Gasteiger partial charge in [-0.3, -0.25) is 4.79 Å². The molecule has 1 unspecified atom stereocenters. The molecule has 1 atom stereocenters. The van der Waals surface area contributed by atoms with Crippen molar-refractivity contribution in [2.24, 2.45) is 5.73 Å². The maximum Gasteiger partial charge on any atom is 0.260 e. The molecule has 4 N–H and O–H groups in total. The minimum atomic E-state index is -0.399. The Hall–Kier alpha value is -2.58. The summed E-state index contributed by atoms with van der Waals surface area (Å²) in [6, 6.07) is 5.67. The molecule has 0 spiro atoms. The summed E-state index contributed by atoms with van der Waals surface area (Å²) in [5.74, 6) is 1.29. The largest absolute Gasteiger partial charge is 0.454 e. The van der Waals surface area contributed by atoms with Gasteiger partial charge in [0.25, 0.3) is 5.91 Å². The Labute approximate surface area is 174 Å². The number of nitrogens with two attached hydrogens (primary N) is 1. The molecule has 152 valence electrons. The van der Waals surface area contributed by atoms with Gasteiger partial charge in [0.15, 0.2) is 11.5 Å². The summed E-state index contributed by atoms with van der Waals surface area (Å²) in [7, 11) is 2.12. The highest BCUT2D eigenvalue weighted by molar-refractivity contribution is 8.05. The molecule has 0 aliphatic carbocycles. The van der Waals surface area contributed by atoms with E-state index in [9.17, 15) is 4.79 Å². The molecule has 0 radical (unpaired) electrons. The van der Waals surface area contributed by atoms with Crippen molar-refractivity contribution in [2.45, 2.75) is 24.8 Å². The van der Waals surface area contributed by atoms with Gasteiger partial charge in [-0.1, -0.05) is 17.8 Å². The molecule has 7 nitrogen and oxygen atoms in total. The molecule has 4 aliphatic heterocycles. The molecule has 4 heterocycles. The van der Waals surface area contributed by atoms with E-state index in [1.807, 2.05) is 18.2 Å². The van der Waals surface area contributed by atoms with Crippen LogP contribution in [-0.2, 0) is 11.3 Å². The summed E-state index contributed by atoms with van der Waals surface area (Å²) in [5.41, 5.74) is 11.5. The van der Waals surface area contributed by atoms with Crippen molar-refractivity contribution >= 4 is 17.7 Å². The Morgan fingerprint density at radius 2 is 2.21 bits per heavy atom. The quantitative estimate of drug-likeness (QED) is 0.697. The van der Waals surface area contributed by atoms with Crippen molar-refractivity contribution in [3.05, 3.63) is 57.3 Å². The highest BCUT2D eigenvalue weighted by Gasteiger charge is 2.45. The summed E-state index contributed by atoms with van der Waals surface area (Å²) >= 11 is 1.50. The second kappa shape index (κ2) is 6.74. The van der Waals surface area contributed by atoms with Gasteiger partial charge in [0.2, 0.25) is 6.79 Å². The number of benzene rings is 1. The monoisotopic (exact) mass is 412 g/mol. The third-order valence-corrected chi connectivity index (χ3v) is 7.07. The van der Waals surface area contributed by atoms with Crippen molar-refractivity contribution in [3.63, 3.8) is 0 Å². The van der Waals surface area contributed by atoms with Crippen molar-refractivity contribution in [1.82, 2.24) is 15.5 Å². The summed E-state index contributed by atoms with van der Waals surface area (Å²) in [4.78, 5) is 15.4. The molecule has 29 heavy (non-hydrogen) atoms. The van der Waals surface area contributed by atoms with Gasteiger partial charge in [-0.05, 0) is 43.3 Å². The number of nitrogens with zero attached hydrogens (tertiary/aromatic N) is 1. The fourth-order valence-electron chi connectivity index (χ4n) is 4.15. The van der Waals surface area contributed by atoms with E-state index in [0.29, 0.717) is 22.9 Å². The van der Waals surface area contributed by atoms with Gasteiger partial charge in [-0.2, -0.15) is 0 Å². The van der Waals surface area contributed by atoms with Crippen LogP contribution in [0.2, 0.25) is 0 Å². The fraction of sp³-hybridized carbons (Fsp3) is 0.381. The third-order valence-electron chi connectivity index (χ3n) is 5.73. The molecule has 0 saturated heterocycles. The topological polar surface area (TPSA) is 88.9 Å². The molecular weight excluding hydrogens is 388 g/mol. The van der Waals surface area contributed by atoms with Crippen LogP contribution in [0.1, 0.15) is 18.9 Å². The van der Waals surface area contributed by atoms with Crippen molar-refractivity contribution < 1.29 is 14.3 Å². The predicted molar refractivity (Wildman–Crippen MR) is 112 cm³/mol. The molecular formula is C21H24N4O3S. The lowest BCUT2D eigenvalue weighted by Crippen LogP contribution is -2.45. The van der Waals surface area contributed by atoms with Crippen LogP contribution in [0.15, 0.2) is 51.7 Å². The average molecular weight is 413 g/mol. The second-order valence-corrected chi connectivity index (χ2v) is 9.35. The van der Waals surface area contributed by atoms with E-state index in [2.05, 4.69) is 35.6 Å². The van der Waals surface area contributed by atoms with E-state index >= 15 is 0 Å². The van der Waals surface area contributed by atoms with Crippen LogP contribution in [0.25, 0.3) is 0 Å². The molecule has 0 saturated carbocycles. The number of carbonyl (C=O) groups excluding carboxylic acids is 1. The first-order chi connectivity index (χ1) is 13.9. The maximum absolute atomic E-state index is 12.9. The molecule has 5 rings (SSSR count). The number of likely N-dealkylation sites (N-methyl/N-ethyl adjacent to an activating group) is 1. The van der Waals surface area contributed by atoms with Crippen LogP contribution in [0.5, 0.6) is 11.5 Å². The van der Waals surface area contributed by atoms with Gasteiger partial charge in [0.1, 0.15) is 4.87 Å². The molecule has 8 heteroatoms. The van der Waals surface area contributed by atoms with E-state index in [1.54, 1.807) is 0 Å². The zero-order chi connectivity index (χ0) is 20.2. The first kappa shape index (κ1) is 18.4. The predicted octanol–water partition coefficient (Wildman–Crippen LogP) is 1.78. The Morgan fingerprint density at radius 1 is 1.38 bits per heavy atom. The second-order valence-electron chi connectivity index (χ2n) is 7.92. The summed E-state index contributed by atoms with van der Waals surface area (Å²) in [6.45, 7) is 4.65. The van der Waals surface area contributed by atoms with E-state index in [-0.39, 0.29) is 12.7 Å². The molecule has 1 aromatic rings. The first-order valence-electron chi connectivity index (χ1n) is 9.70. The number of hydrogen-bond acceptors (Lipinski definition) is 7. The highest BCUT2D eigenvalue weighted by atomic mass is 32.2. The van der Waals surface area contributed by atoms with Gasteiger partial charge >= 0.3 is 0 Å². The smallest absolute Gasteiger partial charge is 0.260 e. The summed E-state index contributed by atoms with van der Waals surface area (Å²) < 4.78 is 10.7. The first-order valence-corrected chi connectivity index (χ1v) is 10.5. The van der Waals surface area contributed by atoms with E-state index < -0.39 is 4.87 Å².